The molecule has 0 atom stereocenters. The molecule has 0 bridgehead atoms. The summed E-state index contributed by atoms with van der Waals surface area (Å²) < 4.78 is 5.47. The van der Waals surface area contributed by atoms with Crippen LogP contribution in [0, 0.1) is 0 Å². The number of benzene rings is 2. The number of hydrogen-bond donors (Lipinski definition) is 1. The average molecular weight is 401 g/mol. The monoisotopic (exact) mass is 400 g/mol. The lowest BCUT2D eigenvalue weighted by Crippen LogP contribution is -2.38. The van der Waals surface area contributed by atoms with Gasteiger partial charge in [0.25, 0.3) is 11.8 Å². The minimum atomic E-state index is -0.324. The van der Waals surface area contributed by atoms with Gasteiger partial charge < -0.3 is 15.0 Å². The molecule has 2 aromatic carbocycles. The second kappa shape index (κ2) is 9.60. The molecular weight excluding hydrogens is 376 g/mol. The highest BCUT2D eigenvalue weighted by Gasteiger charge is 2.24. The number of nitrogens with zero attached hydrogens (tertiary/aromatic N) is 1. The van der Waals surface area contributed by atoms with Crippen LogP contribution in [0.2, 0.25) is 5.02 Å². The van der Waals surface area contributed by atoms with E-state index in [-0.39, 0.29) is 24.5 Å². The summed E-state index contributed by atoms with van der Waals surface area (Å²) in [5, 5.41) is 3.40. The van der Waals surface area contributed by atoms with E-state index in [1.54, 1.807) is 42.5 Å². The van der Waals surface area contributed by atoms with Gasteiger partial charge in [0.2, 0.25) is 0 Å². The number of rotatable bonds is 6. The Kier molecular flexibility index (Phi) is 6.93. The fourth-order valence-corrected chi connectivity index (χ4v) is 3.59. The summed E-state index contributed by atoms with van der Waals surface area (Å²) in [4.78, 5) is 27.1. The van der Waals surface area contributed by atoms with Crippen LogP contribution in [0.15, 0.2) is 48.5 Å². The minimum absolute atomic E-state index is 0.0681. The molecule has 1 aliphatic carbocycles. The molecule has 0 heterocycles. The van der Waals surface area contributed by atoms with Gasteiger partial charge in [0, 0.05) is 18.1 Å². The molecule has 1 fully saturated rings. The molecule has 1 aliphatic rings. The van der Waals surface area contributed by atoms with Crippen LogP contribution in [-0.4, -0.2) is 36.4 Å². The molecule has 0 unspecified atom stereocenters. The highest BCUT2D eigenvalue weighted by atomic mass is 35.5. The van der Waals surface area contributed by atoms with Crippen molar-refractivity contribution >= 4 is 29.1 Å². The summed E-state index contributed by atoms with van der Waals surface area (Å²) in [6.45, 7) is -0.150. The Bertz CT molecular complexity index is 817. The molecule has 0 saturated heterocycles. The fourth-order valence-electron chi connectivity index (χ4n) is 3.47. The van der Waals surface area contributed by atoms with Gasteiger partial charge in [0.1, 0.15) is 5.75 Å². The molecule has 0 aliphatic heterocycles. The van der Waals surface area contributed by atoms with Gasteiger partial charge in [0.05, 0.1) is 11.3 Å². The molecule has 0 spiro atoms. The van der Waals surface area contributed by atoms with Crippen molar-refractivity contribution in [2.45, 2.75) is 38.1 Å². The van der Waals surface area contributed by atoms with E-state index in [9.17, 15) is 9.59 Å². The van der Waals surface area contributed by atoms with Crippen LogP contribution < -0.4 is 10.1 Å². The topological polar surface area (TPSA) is 58.6 Å². The molecule has 2 amide bonds. The number of anilines is 1. The van der Waals surface area contributed by atoms with E-state index in [2.05, 4.69) is 5.32 Å². The zero-order valence-corrected chi connectivity index (χ0v) is 16.7. The van der Waals surface area contributed by atoms with E-state index < -0.39 is 0 Å². The summed E-state index contributed by atoms with van der Waals surface area (Å²) in [6.07, 6.45) is 5.61. The van der Waals surface area contributed by atoms with Crippen LogP contribution in [0.25, 0.3) is 0 Å². The lowest BCUT2D eigenvalue weighted by Gasteiger charge is -2.31. The summed E-state index contributed by atoms with van der Waals surface area (Å²) in [7, 11) is 1.85. The number of amides is 2. The molecule has 28 heavy (non-hydrogen) atoms. The summed E-state index contributed by atoms with van der Waals surface area (Å²) in [5.74, 6) is 0.165. The van der Waals surface area contributed by atoms with E-state index >= 15 is 0 Å². The van der Waals surface area contributed by atoms with E-state index in [1.807, 2.05) is 18.0 Å². The molecule has 1 N–H and O–H groups in total. The van der Waals surface area contributed by atoms with Crippen molar-refractivity contribution in [2.24, 2.45) is 0 Å². The van der Waals surface area contributed by atoms with Gasteiger partial charge >= 0.3 is 0 Å². The van der Waals surface area contributed by atoms with Crippen molar-refractivity contribution in [1.29, 1.82) is 0 Å². The Balaban J connectivity index is 1.63. The van der Waals surface area contributed by atoms with Crippen molar-refractivity contribution < 1.29 is 14.3 Å². The Hall–Kier alpha value is -2.53. The maximum Gasteiger partial charge on any atom is 0.262 e. The highest BCUT2D eigenvalue weighted by molar-refractivity contribution is 6.30. The van der Waals surface area contributed by atoms with E-state index in [1.165, 1.54) is 6.42 Å². The number of halogens is 1. The third-order valence-corrected chi connectivity index (χ3v) is 5.31. The molecule has 6 heteroatoms. The van der Waals surface area contributed by atoms with Gasteiger partial charge in [-0.2, -0.15) is 0 Å². The van der Waals surface area contributed by atoms with Crippen molar-refractivity contribution in [2.75, 3.05) is 19.0 Å². The Morgan fingerprint density at radius 1 is 1.07 bits per heavy atom. The Labute approximate surface area is 170 Å². The Morgan fingerprint density at radius 3 is 2.46 bits per heavy atom. The standard InChI is InChI=1S/C22H25ClN2O3/c1-25(17-7-3-2-4-8-17)22(27)19-9-5-6-10-20(19)24-21(26)15-28-18-13-11-16(23)12-14-18/h5-6,9-14,17H,2-4,7-8,15H2,1H3,(H,24,26). The average Bonchev–Trinajstić information content (AvgIpc) is 2.73. The van der Waals surface area contributed by atoms with Crippen LogP contribution in [0.3, 0.4) is 0 Å². The third-order valence-electron chi connectivity index (χ3n) is 5.06. The van der Waals surface area contributed by atoms with Crippen molar-refractivity contribution in [1.82, 2.24) is 4.90 Å². The van der Waals surface area contributed by atoms with Gasteiger partial charge in [-0.15, -0.1) is 0 Å². The number of carbonyl (C=O) groups excluding carboxylic acids is 2. The second-order valence-electron chi connectivity index (χ2n) is 7.04. The molecule has 0 radical (unpaired) electrons. The second-order valence-corrected chi connectivity index (χ2v) is 7.48. The number of ether oxygens (including phenoxy) is 1. The quantitative estimate of drug-likeness (QED) is 0.760. The number of hydrogen-bond acceptors (Lipinski definition) is 3. The van der Waals surface area contributed by atoms with Gasteiger partial charge in [-0.05, 0) is 49.2 Å². The maximum absolute atomic E-state index is 13.0. The van der Waals surface area contributed by atoms with E-state index in [0.29, 0.717) is 22.0 Å². The van der Waals surface area contributed by atoms with Crippen molar-refractivity contribution in [3.8, 4) is 5.75 Å². The van der Waals surface area contributed by atoms with Gasteiger partial charge in [0.15, 0.2) is 6.61 Å². The van der Waals surface area contributed by atoms with Crippen LogP contribution in [0.4, 0.5) is 5.69 Å². The smallest absolute Gasteiger partial charge is 0.262 e. The maximum atomic E-state index is 13.0. The zero-order valence-electron chi connectivity index (χ0n) is 16.0. The normalized spacial score (nSPS) is 14.4. The lowest BCUT2D eigenvalue weighted by molar-refractivity contribution is -0.118. The van der Waals surface area contributed by atoms with Crippen molar-refractivity contribution in [3.63, 3.8) is 0 Å². The van der Waals surface area contributed by atoms with Gasteiger partial charge in [-0.3, -0.25) is 9.59 Å². The number of para-hydroxylation sites is 1. The van der Waals surface area contributed by atoms with Crippen LogP contribution in [0.1, 0.15) is 42.5 Å². The summed E-state index contributed by atoms with van der Waals surface area (Å²) >= 11 is 5.84. The van der Waals surface area contributed by atoms with E-state index in [0.717, 1.165) is 25.7 Å². The largest absolute Gasteiger partial charge is 0.484 e. The molecule has 148 valence electrons. The molecule has 3 rings (SSSR count). The lowest BCUT2D eigenvalue weighted by atomic mass is 9.94. The summed E-state index contributed by atoms with van der Waals surface area (Å²) in [5.41, 5.74) is 0.996. The van der Waals surface area contributed by atoms with Crippen LogP contribution in [-0.2, 0) is 4.79 Å². The third kappa shape index (κ3) is 5.26. The van der Waals surface area contributed by atoms with Crippen LogP contribution >= 0.6 is 11.6 Å². The van der Waals surface area contributed by atoms with Gasteiger partial charge in [-0.1, -0.05) is 43.0 Å². The molecular formula is C22H25ClN2O3. The first-order valence-electron chi connectivity index (χ1n) is 9.59. The fraction of sp³-hybridized carbons (Fsp3) is 0.364. The Morgan fingerprint density at radius 2 is 1.75 bits per heavy atom. The van der Waals surface area contributed by atoms with Crippen LogP contribution in [0.5, 0.6) is 5.75 Å². The van der Waals surface area contributed by atoms with Gasteiger partial charge in [-0.25, -0.2) is 0 Å². The predicted octanol–water partition coefficient (Wildman–Crippen LogP) is 4.76. The minimum Gasteiger partial charge on any atom is -0.484 e. The first-order chi connectivity index (χ1) is 13.5. The SMILES string of the molecule is CN(C(=O)c1ccccc1NC(=O)COc1ccc(Cl)cc1)C1CCCCC1. The molecule has 0 aromatic heterocycles. The zero-order chi connectivity index (χ0) is 19.9. The molecule has 2 aromatic rings. The molecule has 1 saturated carbocycles. The highest BCUT2D eigenvalue weighted by Crippen LogP contribution is 2.25. The molecule has 5 nitrogen and oxygen atoms in total. The summed E-state index contributed by atoms with van der Waals surface area (Å²) in [6, 6.07) is 14.2. The van der Waals surface area contributed by atoms with Crippen molar-refractivity contribution in [3.05, 3.63) is 59.1 Å². The first kappa shape index (κ1) is 20.2. The number of nitrogens with one attached hydrogen (secondary N) is 1. The number of carbonyl (C=O) groups is 2. The van der Waals surface area contributed by atoms with E-state index in [4.69, 9.17) is 16.3 Å². The first-order valence-corrected chi connectivity index (χ1v) is 9.97. The predicted molar refractivity (Wildman–Crippen MR) is 111 cm³/mol.